The van der Waals surface area contributed by atoms with Crippen molar-refractivity contribution in [2.24, 2.45) is 0 Å². The summed E-state index contributed by atoms with van der Waals surface area (Å²) in [6, 6.07) is 18.5. The molecule has 11 heteroatoms. The summed E-state index contributed by atoms with van der Waals surface area (Å²) >= 11 is 1.48. The van der Waals surface area contributed by atoms with Gasteiger partial charge in [0.1, 0.15) is 17.2 Å². The van der Waals surface area contributed by atoms with E-state index >= 15 is 0 Å². The molecular weight excluding hydrogens is 538 g/mol. The minimum Gasteiger partial charge on any atom is -0.456 e. The molecule has 204 valence electrons. The maximum atomic E-state index is 13.7. The molecule has 3 aromatic carbocycles. The average molecular weight is 568 g/mol. The highest BCUT2D eigenvalue weighted by atomic mass is 32.2. The van der Waals surface area contributed by atoms with E-state index in [1.807, 2.05) is 30.3 Å². The van der Waals surface area contributed by atoms with Crippen molar-refractivity contribution in [3.05, 3.63) is 72.3 Å². The fraction of sp³-hybridized carbons (Fsp3) is 0.286. The number of furan rings is 1. The molecule has 1 atom stereocenters. The zero-order chi connectivity index (χ0) is 27.8. The van der Waals surface area contributed by atoms with Gasteiger partial charge in [-0.1, -0.05) is 30.3 Å². The molecule has 0 radical (unpaired) electrons. The first-order valence-corrected chi connectivity index (χ1v) is 14.9. The number of nitrogens with zero attached hydrogens (tertiary/aromatic N) is 1. The van der Waals surface area contributed by atoms with Crippen LogP contribution in [0.2, 0.25) is 0 Å². The van der Waals surface area contributed by atoms with Crippen LogP contribution in [0.3, 0.4) is 0 Å². The molecule has 5 rings (SSSR count). The number of sulfonamides is 1. The highest BCUT2D eigenvalue weighted by Gasteiger charge is 2.48. The third-order valence-corrected chi connectivity index (χ3v) is 10.1. The molecule has 0 bridgehead atoms. The van der Waals surface area contributed by atoms with Crippen molar-refractivity contribution in [1.82, 2.24) is 9.79 Å². The molecule has 2 heterocycles. The normalized spacial score (nSPS) is 17.8. The summed E-state index contributed by atoms with van der Waals surface area (Å²) in [5.41, 5.74) is 4.30. The lowest BCUT2D eigenvalue weighted by Crippen LogP contribution is -2.61. The maximum Gasteiger partial charge on any atom is 0.263 e. The van der Waals surface area contributed by atoms with Gasteiger partial charge in [-0.25, -0.2) is 13.9 Å². The third kappa shape index (κ3) is 5.40. The number of hydroxylamine groups is 1. The van der Waals surface area contributed by atoms with Crippen molar-refractivity contribution in [3.63, 3.8) is 0 Å². The number of benzene rings is 3. The van der Waals surface area contributed by atoms with Crippen molar-refractivity contribution >= 4 is 61.2 Å². The zero-order valence-electron chi connectivity index (χ0n) is 21.5. The Hall–Kier alpha value is -3.38. The first-order chi connectivity index (χ1) is 18.6. The summed E-state index contributed by atoms with van der Waals surface area (Å²) in [5.74, 6) is -0.381. The van der Waals surface area contributed by atoms with Crippen LogP contribution < -0.4 is 10.8 Å². The van der Waals surface area contributed by atoms with E-state index < -0.39 is 26.7 Å². The molecule has 1 unspecified atom stereocenters. The number of amides is 2. The second-order valence-corrected chi connectivity index (χ2v) is 13.6. The van der Waals surface area contributed by atoms with Gasteiger partial charge in [-0.2, -0.15) is 16.1 Å². The standard InChI is InChI=1S/C28H29N3O6S2/c1-28(2)26(27(33)30-34)31(14-15-38-28)39(35,36)20-10-12-23-22(17-20)21-11-9-19(16-24(21)37-23)29-25(32)13-8-18-6-4-3-5-7-18/h3-7,9-12,16-17,26,34H,8,13-15H2,1-2H3,(H,29,32)(H,30,33). The summed E-state index contributed by atoms with van der Waals surface area (Å²) in [6.45, 7) is 3.69. The van der Waals surface area contributed by atoms with Gasteiger partial charge in [-0.05, 0) is 56.2 Å². The van der Waals surface area contributed by atoms with E-state index in [4.69, 9.17) is 4.42 Å². The van der Waals surface area contributed by atoms with Crippen molar-refractivity contribution in [1.29, 1.82) is 0 Å². The van der Waals surface area contributed by atoms with Crippen LogP contribution in [0.15, 0.2) is 76.0 Å². The predicted molar refractivity (Wildman–Crippen MR) is 151 cm³/mol. The first kappa shape index (κ1) is 27.2. The molecule has 4 aromatic rings. The molecule has 1 aromatic heterocycles. The number of hydrogen-bond donors (Lipinski definition) is 3. The number of rotatable bonds is 7. The highest BCUT2D eigenvalue weighted by molar-refractivity contribution is 8.01. The van der Waals surface area contributed by atoms with Crippen molar-refractivity contribution in [2.45, 2.75) is 42.4 Å². The molecule has 0 aliphatic carbocycles. The largest absolute Gasteiger partial charge is 0.456 e. The lowest BCUT2D eigenvalue weighted by molar-refractivity contribution is -0.134. The number of hydrogen-bond acceptors (Lipinski definition) is 7. The summed E-state index contributed by atoms with van der Waals surface area (Å²) in [7, 11) is -4.08. The van der Waals surface area contributed by atoms with Crippen LogP contribution in [0.5, 0.6) is 0 Å². The van der Waals surface area contributed by atoms with E-state index in [1.165, 1.54) is 23.9 Å². The lowest BCUT2D eigenvalue weighted by atomic mass is 10.0. The molecule has 0 saturated carbocycles. The number of nitrogens with one attached hydrogen (secondary N) is 2. The van der Waals surface area contributed by atoms with Crippen LogP contribution in [-0.2, 0) is 26.0 Å². The Kier molecular flexibility index (Phi) is 7.43. The van der Waals surface area contributed by atoms with E-state index in [-0.39, 0.29) is 17.3 Å². The van der Waals surface area contributed by atoms with Gasteiger partial charge >= 0.3 is 0 Å². The number of fused-ring (bicyclic) bond motifs is 3. The topological polar surface area (TPSA) is 129 Å². The molecule has 1 aliphatic heterocycles. The monoisotopic (exact) mass is 567 g/mol. The van der Waals surface area contributed by atoms with Gasteiger partial charge in [0.15, 0.2) is 0 Å². The molecule has 0 spiro atoms. The van der Waals surface area contributed by atoms with Crippen LogP contribution in [0.1, 0.15) is 25.8 Å². The quantitative estimate of drug-likeness (QED) is 0.221. The Morgan fingerprint density at radius 1 is 1.05 bits per heavy atom. The second kappa shape index (κ2) is 10.6. The Labute approximate surface area is 230 Å². The smallest absolute Gasteiger partial charge is 0.263 e. The second-order valence-electron chi connectivity index (χ2n) is 9.95. The molecule has 2 amide bonds. The van der Waals surface area contributed by atoms with Crippen LogP contribution in [0, 0.1) is 0 Å². The van der Waals surface area contributed by atoms with E-state index in [0.29, 0.717) is 46.2 Å². The number of carbonyl (C=O) groups excluding carboxylic acids is 2. The Morgan fingerprint density at radius 3 is 2.56 bits per heavy atom. The summed E-state index contributed by atoms with van der Waals surface area (Å²) in [4.78, 5) is 25.0. The minimum atomic E-state index is -4.08. The first-order valence-electron chi connectivity index (χ1n) is 12.5. The van der Waals surface area contributed by atoms with Gasteiger partial charge < -0.3 is 9.73 Å². The number of aryl methyl sites for hydroxylation is 1. The van der Waals surface area contributed by atoms with E-state index in [1.54, 1.807) is 43.6 Å². The number of carbonyl (C=O) groups is 2. The summed E-state index contributed by atoms with van der Waals surface area (Å²) in [6.07, 6.45) is 0.967. The van der Waals surface area contributed by atoms with Gasteiger partial charge in [-0.3, -0.25) is 14.8 Å². The van der Waals surface area contributed by atoms with E-state index in [0.717, 1.165) is 9.87 Å². The van der Waals surface area contributed by atoms with Crippen LogP contribution in [-0.4, -0.2) is 52.8 Å². The molecule has 1 fully saturated rings. The number of anilines is 1. The predicted octanol–water partition coefficient (Wildman–Crippen LogP) is 4.55. The van der Waals surface area contributed by atoms with Gasteiger partial charge in [0, 0.05) is 46.0 Å². The highest BCUT2D eigenvalue weighted by Crippen LogP contribution is 2.39. The molecule has 1 aliphatic rings. The SMILES string of the molecule is CC1(C)SCCN(S(=O)(=O)c2ccc3oc4cc(NC(=O)CCc5ccccc5)ccc4c3c2)C1C(=O)NO. The van der Waals surface area contributed by atoms with Crippen molar-refractivity contribution in [3.8, 4) is 0 Å². The van der Waals surface area contributed by atoms with Crippen LogP contribution >= 0.6 is 11.8 Å². The fourth-order valence-electron chi connectivity index (χ4n) is 4.98. The molecule has 1 saturated heterocycles. The zero-order valence-corrected chi connectivity index (χ0v) is 23.1. The van der Waals surface area contributed by atoms with Gasteiger partial charge in [0.25, 0.3) is 5.91 Å². The minimum absolute atomic E-state index is 0.0226. The molecule has 39 heavy (non-hydrogen) atoms. The van der Waals surface area contributed by atoms with E-state index in [2.05, 4.69) is 5.32 Å². The maximum absolute atomic E-state index is 13.7. The summed E-state index contributed by atoms with van der Waals surface area (Å²) in [5, 5.41) is 13.5. The average Bonchev–Trinajstić information content (AvgIpc) is 3.28. The molecular formula is C28H29N3O6S2. The summed E-state index contributed by atoms with van der Waals surface area (Å²) < 4.78 is 33.8. The van der Waals surface area contributed by atoms with Crippen LogP contribution in [0.25, 0.3) is 21.9 Å². The van der Waals surface area contributed by atoms with Gasteiger partial charge in [0.05, 0.1) is 4.90 Å². The number of thioether (sulfide) groups is 1. The third-order valence-electron chi connectivity index (χ3n) is 6.91. The fourth-order valence-corrected chi connectivity index (χ4v) is 8.11. The Bertz CT molecular complexity index is 1650. The van der Waals surface area contributed by atoms with Crippen molar-refractivity contribution < 1.29 is 27.6 Å². The van der Waals surface area contributed by atoms with Gasteiger partial charge in [-0.15, -0.1) is 0 Å². The molecule has 3 N–H and O–H groups in total. The van der Waals surface area contributed by atoms with Crippen molar-refractivity contribution in [2.75, 3.05) is 17.6 Å². The molecule has 9 nitrogen and oxygen atoms in total. The Balaban J connectivity index is 1.41. The van der Waals surface area contributed by atoms with E-state index in [9.17, 15) is 23.2 Å². The van der Waals surface area contributed by atoms with Crippen LogP contribution in [0.4, 0.5) is 5.69 Å². The Morgan fingerprint density at radius 2 is 1.82 bits per heavy atom. The van der Waals surface area contributed by atoms with Gasteiger partial charge in [0.2, 0.25) is 15.9 Å². The lowest BCUT2D eigenvalue weighted by Gasteiger charge is -2.43.